The van der Waals surface area contributed by atoms with Crippen molar-refractivity contribution < 1.29 is 14.2 Å². The van der Waals surface area contributed by atoms with Crippen molar-refractivity contribution in [2.45, 2.75) is 19.9 Å². The highest BCUT2D eigenvalue weighted by Gasteiger charge is 2.29. The van der Waals surface area contributed by atoms with Gasteiger partial charge in [0.1, 0.15) is 11.6 Å². The molecule has 0 aromatic heterocycles. The Balaban J connectivity index is 3.13. The molecule has 0 saturated carbocycles. The first-order valence-electron chi connectivity index (χ1n) is 5.12. The lowest BCUT2D eigenvalue weighted by Gasteiger charge is -2.30. The van der Waals surface area contributed by atoms with Crippen molar-refractivity contribution >= 4 is 0 Å². The van der Waals surface area contributed by atoms with E-state index in [0.29, 0.717) is 11.3 Å². The van der Waals surface area contributed by atoms with Crippen LogP contribution >= 0.6 is 0 Å². The number of ether oxygens (including phenoxy) is 1. The molecule has 1 atom stereocenters. The smallest absolute Gasteiger partial charge is 0.126 e. The second-order valence-electron chi connectivity index (χ2n) is 4.51. The van der Waals surface area contributed by atoms with E-state index in [1.165, 1.54) is 19.2 Å². The van der Waals surface area contributed by atoms with Crippen molar-refractivity contribution in [3.63, 3.8) is 0 Å². The Labute approximate surface area is 95.0 Å². The lowest BCUT2D eigenvalue weighted by atomic mass is 9.81. The van der Waals surface area contributed by atoms with E-state index < -0.39 is 11.5 Å². The zero-order valence-electron chi connectivity index (χ0n) is 9.83. The number of benzene rings is 1. The number of rotatable bonds is 4. The number of nitrogens with two attached hydrogens (primary N) is 1. The minimum absolute atomic E-state index is 0.0469. The zero-order valence-corrected chi connectivity index (χ0v) is 9.83. The van der Waals surface area contributed by atoms with Crippen molar-refractivity contribution in [3.05, 3.63) is 29.6 Å². The molecule has 0 unspecified atom stereocenters. The molecule has 90 valence electrons. The molecule has 0 saturated heterocycles. The molecule has 3 nitrogen and oxygen atoms in total. The average Bonchev–Trinajstić information content (AvgIpc) is 2.27. The van der Waals surface area contributed by atoms with Gasteiger partial charge in [-0.05, 0) is 6.07 Å². The molecule has 3 N–H and O–H groups in total. The Kier molecular flexibility index (Phi) is 3.88. The fraction of sp³-hybridized carbons (Fsp3) is 0.500. The fourth-order valence-corrected chi connectivity index (χ4v) is 1.46. The molecule has 4 heteroatoms. The van der Waals surface area contributed by atoms with Crippen LogP contribution in [0.15, 0.2) is 18.2 Å². The predicted molar refractivity (Wildman–Crippen MR) is 60.7 cm³/mol. The minimum atomic E-state index is -0.481. The first kappa shape index (κ1) is 12.9. The third-order valence-corrected chi connectivity index (χ3v) is 2.78. The standard InChI is InChI=1S/C12H18FNO2/c1-12(2,7-15)11(14)9-5-4-8(13)6-10(9)16-3/h4-6,11,15H,7,14H2,1-3H3/t11-/m1/s1. The Hall–Kier alpha value is -1.13. The molecule has 0 amide bonds. The fourth-order valence-electron chi connectivity index (χ4n) is 1.46. The number of hydrogen-bond donors (Lipinski definition) is 2. The molecule has 0 aliphatic rings. The van der Waals surface area contributed by atoms with E-state index in [0.717, 1.165) is 0 Å². The Morgan fingerprint density at radius 1 is 1.50 bits per heavy atom. The Morgan fingerprint density at radius 2 is 2.12 bits per heavy atom. The van der Waals surface area contributed by atoms with E-state index in [1.54, 1.807) is 6.07 Å². The normalized spacial score (nSPS) is 13.6. The maximum Gasteiger partial charge on any atom is 0.126 e. The van der Waals surface area contributed by atoms with Gasteiger partial charge in [0.05, 0.1) is 7.11 Å². The van der Waals surface area contributed by atoms with Crippen LogP contribution in [0.3, 0.4) is 0 Å². The van der Waals surface area contributed by atoms with Crippen LogP contribution in [0.4, 0.5) is 4.39 Å². The highest BCUT2D eigenvalue weighted by Crippen LogP contribution is 2.35. The van der Waals surface area contributed by atoms with Gasteiger partial charge in [0.25, 0.3) is 0 Å². The first-order valence-corrected chi connectivity index (χ1v) is 5.12. The van der Waals surface area contributed by atoms with Crippen molar-refractivity contribution in [1.82, 2.24) is 0 Å². The topological polar surface area (TPSA) is 55.5 Å². The summed E-state index contributed by atoms with van der Waals surface area (Å²) >= 11 is 0. The lowest BCUT2D eigenvalue weighted by Crippen LogP contribution is -2.32. The number of aliphatic hydroxyl groups excluding tert-OH is 1. The Bertz CT molecular complexity index is 366. The van der Waals surface area contributed by atoms with Gasteiger partial charge in [0.15, 0.2) is 0 Å². The molecule has 1 rings (SSSR count). The van der Waals surface area contributed by atoms with Crippen LogP contribution in [0.2, 0.25) is 0 Å². The molecule has 16 heavy (non-hydrogen) atoms. The van der Waals surface area contributed by atoms with Crippen LogP contribution in [-0.4, -0.2) is 18.8 Å². The van der Waals surface area contributed by atoms with Crippen LogP contribution < -0.4 is 10.5 Å². The summed E-state index contributed by atoms with van der Waals surface area (Å²) < 4.78 is 18.1. The van der Waals surface area contributed by atoms with Crippen molar-refractivity contribution in [1.29, 1.82) is 0 Å². The first-order chi connectivity index (χ1) is 7.42. The number of methoxy groups -OCH3 is 1. The highest BCUT2D eigenvalue weighted by atomic mass is 19.1. The molecular formula is C12H18FNO2. The maximum atomic E-state index is 13.0. The minimum Gasteiger partial charge on any atom is -0.496 e. The third-order valence-electron chi connectivity index (χ3n) is 2.78. The second-order valence-corrected chi connectivity index (χ2v) is 4.51. The van der Waals surface area contributed by atoms with Crippen molar-refractivity contribution in [2.24, 2.45) is 11.1 Å². The summed E-state index contributed by atoms with van der Waals surface area (Å²) in [6, 6.07) is 3.82. The summed E-state index contributed by atoms with van der Waals surface area (Å²) in [7, 11) is 1.47. The van der Waals surface area contributed by atoms with Gasteiger partial charge >= 0.3 is 0 Å². The Morgan fingerprint density at radius 3 is 2.62 bits per heavy atom. The number of aliphatic hydroxyl groups is 1. The van der Waals surface area contributed by atoms with E-state index >= 15 is 0 Å². The van der Waals surface area contributed by atoms with Gasteiger partial charge in [0, 0.05) is 29.7 Å². The second kappa shape index (κ2) is 4.80. The SMILES string of the molecule is COc1cc(F)ccc1[C@@H](N)C(C)(C)CO. The summed E-state index contributed by atoms with van der Waals surface area (Å²) in [5, 5.41) is 9.25. The van der Waals surface area contributed by atoms with Gasteiger partial charge < -0.3 is 15.6 Å². The molecular weight excluding hydrogens is 209 g/mol. The van der Waals surface area contributed by atoms with Gasteiger partial charge in [0.2, 0.25) is 0 Å². The summed E-state index contributed by atoms with van der Waals surface area (Å²) in [4.78, 5) is 0. The van der Waals surface area contributed by atoms with Crippen LogP contribution in [0.1, 0.15) is 25.5 Å². The van der Waals surface area contributed by atoms with Gasteiger partial charge in [-0.1, -0.05) is 19.9 Å². The van der Waals surface area contributed by atoms with Crippen molar-refractivity contribution in [2.75, 3.05) is 13.7 Å². The monoisotopic (exact) mass is 227 g/mol. The quantitative estimate of drug-likeness (QED) is 0.825. The van der Waals surface area contributed by atoms with Crippen LogP contribution in [0, 0.1) is 11.2 Å². The van der Waals surface area contributed by atoms with Gasteiger partial charge in [-0.3, -0.25) is 0 Å². The van der Waals surface area contributed by atoms with E-state index in [1.807, 2.05) is 13.8 Å². The summed E-state index contributed by atoms with van der Waals surface area (Å²) in [6.45, 7) is 3.65. The van der Waals surface area contributed by atoms with E-state index in [-0.39, 0.29) is 12.4 Å². The average molecular weight is 227 g/mol. The maximum absolute atomic E-state index is 13.0. The van der Waals surface area contributed by atoms with E-state index in [4.69, 9.17) is 10.5 Å². The van der Waals surface area contributed by atoms with Crippen molar-refractivity contribution in [3.8, 4) is 5.75 Å². The van der Waals surface area contributed by atoms with Gasteiger partial charge in [-0.15, -0.1) is 0 Å². The molecule has 1 aromatic rings. The van der Waals surface area contributed by atoms with Crippen LogP contribution in [-0.2, 0) is 0 Å². The summed E-state index contributed by atoms with van der Waals surface area (Å²) in [5.41, 5.74) is 6.26. The number of hydrogen-bond acceptors (Lipinski definition) is 3. The largest absolute Gasteiger partial charge is 0.496 e. The summed E-state index contributed by atoms with van der Waals surface area (Å²) in [6.07, 6.45) is 0. The highest BCUT2D eigenvalue weighted by molar-refractivity contribution is 5.37. The van der Waals surface area contributed by atoms with Crippen LogP contribution in [0.5, 0.6) is 5.75 Å². The molecule has 0 aliphatic heterocycles. The molecule has 0 spiro atoms. The van der Waals surface area contributed by atoms with Gasteiger partial charge in [-0.2, -0.15) is 0 Å². The zero-order chi connectivity index (χ0) is 12.3. The molecule has 0 fully saturated rings. The summed E-state index contributed by atoms with van der Waals surface area (Å²) in [5.74, 6) is 0.0450. The third kappa shape index (κ3) is 2.51. The molecule has 0 heterocycles. The molecule has 1 aromatic carbocycles. The van der Waals surface area contributed by atoms with Crippen LogP contribution in [0.25, 0.3) is 0 Å². The molecule has 0 bridgehead atoms. The van der Waals surface area contributed by atoms with E-state index in [9.17, 15) is 9.50 Å². The van der Waals surface area contributed by atoms with Gasteiger partial charge in [-0.25, -0.2) is 4.39 Å². The van der Waals surface area contributed by atoms with E-state index in [2.05, 4.69) is 0 Å². The molecule has 0 radical (unpaired) electrons. The predicted octanol–water partition coefficient (Wildman–Crippen LogP) is 1.85. The number of halogens is 1. The lowest BCUT2D eigenvalue weighted by molar-refractivity contribution is 0.131. The molecule has 0 aliphatic carbocycles.